The maximum Gasteiger partial charge on any atom is 0.123 e. The van der Waals surface area contributed by atoms with E-state index >= 15 is 0 Å². The zero-order valence-corrected chi connectivity index (χ0v) is 10.8. The van der Waals surface area contributed by atoms with E-state index in [4.69, 9.17) is 0 Å². The molecule has 0 aliphatic rings. The van der Waals surface area contributed by atoms with Crippen molar-refractivity contribution in [3.8, 4) is 0 Å². The molecule has 4 heteroatoms. The molecule has 96 valence electrons. The molecule has 0 bridgehead atoms. The highest BCUT2D eigenvalue weighted by Crippen LogP contribution is 2.24. The van der Waals surface area contributed by atoms with Crippen LogP contribution in [-0.4, -0.2) is 14.9 Å². The fraction of sp³-hybridized carbons (Fsp3) is 0.357. The van der Waals surface area contributed by atoms with Gasteiger partial charge in [-0.05, 0) is 31.5 Å². The number of aliphatic hydroxyl groups is 1. The highest BCUT2D eigenvalue weighted by molar-refractivity contribution is 5.29. The van der Waals surface area contributed by atoms with Crippen LogP contribution in [0.1, 0.15) is 28.6 Å². The van der Waals surface area contributed by atoms with Gasteiger partial charge < -0.3 is 5.11 Å². The Morgan fingerprint density at radius 1 is 1.39 bits per heavy atom. The summed E-state index contributed by atoms with van der Waals surface area (Å²) in [7, 11) is 1.85. The largest absolute Gasteiger partial charge is 0.388 e. The van der Waals surface area contributed by atoms with Crippen LogP contribution in [-0.2, 0) is 13.5 Å². The summed E-state index contributed by atoms with van der Waals surface area (Å²) in [6.45, 7) is 3.79. The van der Waals surface area contributed by atoms with Crippen molar-refractivity contribution in [3.05, 3.63) is 52.6 Å². The molecule has 2 rings (SSSR count). The number of aryl methyl sites for hydroxylation is 2. The van der Waals surface area contributed by atoms with Crippen LogP contribution in [0.3, 0.4) is 0 Å². The standard InChI is InChI=1S/C14H17FN2O/c1-9-14(10(2)17(3)16-9)13(18)8-11-5-4-6-12(15)7-11/h4-7,13,18H,8H2,1-3H3. The number of nitrogens with zero attached hydrogens (tertiary/aromatic N) is 2. The Balaban J connectivity index is 2.24. The lowest BCUT2D eigenvalue weighted by Crippen LogP contribution is -2.05. The lowest BCUT2D eigenvalue weighted by molar-refractivity contribution is 0.177. The first-order valence-electron chi connectivity index (χ1n) is 5.91. The Morgan fingerprint density at radius 3 is 2.67 bits per heavy atom. The quantitative estimate of drug-likeness (QED) is 0.906. The minimum atomic E-state index is -0.652. The van der Waals surface area contributed by atoms with Crippen LogP contribution in [0.15, 0.2) is 24.3 Å². The molecule has 1 N–H and O–H groups in total. The number of halogens is 1. The van der Waals surface area contributed by atoms with E-state index in [9.17, 15) is 9.50 Å². The van der Waals surface area contributed by atoms with Crippen molar-refractivity contribution in [3.63, 3.8) is 0 Å². The topological polar surface area (TPSA) is 38.0 Å². The Labute approximate surface area is 106 Å². The van der Waals surface area contributed by atoms with Gasteiger partial charge in [-0.3, -0.25) is 4.68 Å². The maximum absolute atomic E-state index is 13.1. The summed E-state index contributed by atoms with van der Waals surface area (Å²) in [4.78, 5) is 0. The molecule has 1 unspecified atom stereocenters. The van der Waals surface area contributed by atoms with Gasteiger partial charge in [0, 0.05) is 24.7 Å². The molecule has 1 aromatic heterocycles. The second kappa shape index (κ2) is 4.90. The number of aromatic nitrogens is 2. The Hall–Kier alpha value is -1.68. The summed E-state index contributed by atoms with van der Waals surface area (Å²) in [5.74, 6) is -0.278. The van der Waals surface area contributed by atoms with Gasteiger partial charge in [0.15, 0.2) is 0 Å². The second-order valence-electron chi connectivity index (χ2n) is 4.56. The van der Waals surface area contributed by atoms with Crippen molar-refractivity contribution < 1.29 is 9.50 Å². The van der Waals surface area contributed by atoms with Crippen LogP contribution in [0.4, 0.5) is 4.39 Å². The average Bonchev–Trinajstić information content (AvgIpc) is 2.53. The molecule has 0 saturated carbocycles. The summed E-state index contributed by atoms with van der Waals surface area (Å²) < 4.78 is 14.8. The summed E-state index contributed by atoms with van der Waals surface area (Å²) in [5.41, 5.74) is 3.38. The molecule has 0 aliphatic heterocycles. The molecule has 0 fully saturated rings. The number of hydrogen-bond acceptors (Lipinski definition) is 2. The molecular weight excluding hydrogens is 231 g/mol. The first kappa shape index (κ1) is 12.8. The summed E-state index contributed by atoms with van der Waals surface area (Å²) >= 11 is 0. The van der Waals surface area contributed by atoms with Gasteiger partial charge >= 0.3 is 0 Å². The molecule has 0 radical (unpaired) electrons. The molecule has 18 heavy (non-hydrogen) atoms. The van der Waals surface area contributed by atoms with E-state index < -0.39 is 6.10 Å². The molecule has 1 heterocycles. The summed E-state index contributed by atoms with van der Waals surface area (Å²) in [5, 5.41) is 14.5. The number of benzene rings is 1. The first-order chi connectivity index (χ1) is 8.49. The van der Waals surface area contributed by atoms with Crippen molar-refractivity contribution in [2.45, 2.75) is 26.4 Å². The number of hydrogen-bond donors (Lipinski definition) is 1. The fourth-order valence-electron chi connectivity index (χ4n) is 2.26. The van der Waals surface area contributed by atoms with Crippen LogP contribution in [0.25, 0.3) is 0 Å². The molecule has 0 saturated heterocycles. The van der Waals surface area contributed by atoms with Crippen molar-refractivity contribution >= 4 is 0 Å². The third-order valence-corrected chi connectivity index (χ3v) is 3.22. The first-order valence-corrected chi connectivity index (χ1v) is 5.91. The number of aliphatic hydroxyl groups excluding tert-OH is 1. The van der Waals surface area contributed by atoms with Gasteiger partial charge in [-0.2, -0.15) is 5.10 Å². The van der Waals surface area contributed by atoms with Crippen LogP contribution >= 0.6 is 0 Å². The van der Waals surface area contributed by atoms with Crippen molar-refractivity contribution in [1.29, 1.82) is 0 Å². The Morgan fingerprint density at radius 2 is 2.11 bits per heavy atom. The van der Waals surface area contributed by atoms with Gasteiger partial charge in [-0.15, -0.1) is 0 Å². The fourth-order valence-corrected chi connectivity index (χ4v) is 2.26. The van der Waals surface area contributed by atoms with Crippen molar-refractivity contribution in [1.82, 2.24) is 9.78 Å². The molecular formula is C14H17FN2O. The molecule has 0 spiro atoms. The molecule has 0 amide bonds. The lowest BCUT2D eigenvalue weighted by atomic mass is 10.00. The Bertz CT molecular complexity index is 563. The van der Waals surface area contributed by atoms with Gasteiger partial charge in [-0.25, -0.2) is 4.39 Å². The molecule has 1 aromatic carbocycles. The lowest BCUT2D eigenvalue weighted by Gasteiger charge is -2.11. The van der Waals surface area contributed by atoms with E-state index in [-0.39, 0.29) is 5.82 Å². The summed E-state index contributed by atoms with van der Waals surface area (Å²) in [6, 6.07) is 6.31. The van der Waals surface area contributed by atoms with E-state index in [0.717, 1.165) is 22.5 Å². The summed E-state index contributed by atoms with van der Waals surface area (Å²) in [6.07, 6.45) is -0.258. The molecule has 2 aromatic rings. The number of rotatable bonds is 3. The zero-order valence-electron chi connectivity index (χ0n) is 10.8. The van der Waals surface area contributed by atoms with E-state index in [2.05, 4.69) is 5.10 Å². The van der Waals surface area contributed by atoms with Crippen LogP contribution < -0.4 is 0 Å². The highest BCUT2D eigenvalue weighted by Gasteiger charge is 2.18. The minimum Gasteiger partial charge on any atom is -0.388 e. The SMILES string of the molecule is Cc1nn(C)c(C)c1C(O)Cc1cccc(F)c1. The van der Waals surface area contributed by atoms with E-state index in [0.29, 0.717) is 6.42 Å². The van der Waals surface area contributed by atoms with Crippen molar-refractivity contribution in [2.24, 2.45) is 7.05 Å². The normalized spacial score (nSPS) is 12.7. The monoisotopic (exact) mass is 248 g/mol. The molecule has 0 aliphatic carbocycles. The van der Waals surface area contributed by atoms with Gasteiger partial charge in [-0.1, -0.05) is 12.1 Å². The maximum atomic E-state index is 13.1. The van der Waals surface area contributed by atoms with E-state index in [1.165, 1.54) is 12.1 Å². The molecule has 3 nitrogen and oxygen atoms in total. The minimum absolute atomic E-state index is 0.278. The van der Waals surface area contributed by atoms with Gasteiger partial charge in [0.25, 0.3) is 0 Å². The van der Waals surface area contributed by atoms with Gasteiger partial charge in [0.2, 0.25) is 0 Å². The van der Waals surface area contributed by atoms with Gasteiger partial charge in [0.1, 0.15) is 5.82 Å². The molecule has 1 atom stereocenters. The third-order valence-electron chi connectivity index (χ3n) is 3.22. The highest BCUT2D eigenvalue weighted by atomic mass is 19.1. The van der Waals surface area contributed by atoms with E-state index in [1.54, 1.807) is 10.7 Å². The van der Waals surface area contributed by atoms with Crippen molar-refractivity contribution in [2.75, 3.05) is 0 Å². The third kappa shape index (κ3) is 2.43. The zero-order chi connectivity index (χ0) is 13.3. The predicted molar refractivity (Wildman–Crippen MR) is 67.7 cm³/mol. The van der Waals surface area contributed by atoms with E-state index in [1.807, 2.05) is 27.0 Å². The smallest absolute Gasteiger partial charge is 0.123 e. The second-order valence-corrected chi connectivity index (χ2v) is 4.56. The van der Waals surface area contributed by atoms with Crippen LogP contribution in [0, 0.1) is 19.7 Å². The van der Waals surface area contributed by atoms with Gasteiger partial charge in [0.05, 0.1) is 11.8 Å². The van der Waals surface area contributed by atoms with Crippen LogP contribution in [0.5, 0.6) is 0 Å². The van der Waals surface area contributed by atoms with Crippen LogP contribution in [0.2, 0.25) is 0 Å². The Kier molecular flexibility index (Phi) is 3.48. The average molecular weight is 248 g/mol. The predicted octanol–water partition coefficient (Wildman–Crippen LogP) is 2.45.